The normalized spacial score (nSPS) is 18.7. The zero-order valence-electron chi connectivity index (χ0n) is 13.7. The number of anilines is 1. The van der Waals surface area contributed by atoms with Crippen molar-refractivity contribution in [2.75, 3.05) is 5.32 Å². The lowest BCUT2D eigenvalue weighted by Crippen LogP contribution is -2.44. The van der Waals surface area contributed by atoms with Crippen LogP contribution in [-0.4, -0.2) is 19.9 Å². The number of sulfonamides is 1. The van der Waals surface area contributed by atoms with E-state index in [0.29, 0.717) is 24.1 Å². The van der Waals surface area contributed by atoms with Gasteiger partial charge in [0.15, 0.2) is 0 Å². The van der Waals surface area contributed by atoms with Gasteiger partial charge in [-0.1, -0.05) is 13.3 Å². The highest BCUT2D eigenvalue weighted by Crippen LogP contribution is 2.38. The number of hydrogen-bond donors (Lipinski definition) is 2. The number of nitrogens with one attached hydrogen (secondary N) is 2. The number of nitriles is 1. The number of benzene rings is 1. The van der Waals surface area contributed by atoms with E-state index in [1.54, 1.807) is 26.8 Å². The van der Waals surface area contributed by atoms with Crippen molar-refractivity contribution in [1.82, 2.24) is 4.72 Å². The monoisotopic (exact) mass is 335 g/mol. The SMILES string of the molecule is CCCC(C)(C#N)NS(=O)(=O)c1ccc2c(c1)C(C)(C)C(=O)N2. The highest BCUT2D eigenvalue weighted by Gasteiger charge is 2.39. The van der Waals surface area contributed by atoms with E-state index in [1.165, 1.54) is 12.1 Å². The van der Waals surface area contributed by atoms with E-state index >= 15 is 0 Å². The van der Waals surface area contributed by atoms with E-state index in [2.05, 4.69) is 10.0 Å². The molecule has 6 nitrogen and oxygen atoms in total. The largest absolute Gasteiger partial charge is 0.325 e. The van der Waals surface area contributed by atoms with Gasteiger partial charge in [0.1, 0.15) is 5.54 Å². The second kappa shape index (κ2) is 5.62. The molecule has 0 aromatic heterocycles. The van der Waals surface area contributed by atoms with Crippen LogP contribution in [-0.2, 0) is 20.2 Å². The molecule has 23 heavy (non-hydrogen) atoms. The highest BCUT2D eigenvalue weighted by molar-refractivity contribution is 7.89. The van der Waals surface area contributed by atoms with Gasteiger partial charge in [0.2, 0.25) is 15.9 Å². The van der Waals surface area contributed by atoms with Crippen LogP contribution in [0.4, 0.5) is 5.69 Å². The van der Waals surface area contributed by atoms with Crippen molar-refractivity contribution < 1.29 is 13.2 Å². The topological polar surface area (TPSA) is 99.1 Å². The molecule has 0 radical (unpaired) electrons. The molecular weight excluding hydrogens is 314 g/mol. The molecule has 0 saturated carbocycles. The van der Waals surface area contributed by atoms with Crippen LogP contribution in [0.3, 0.4) is 0 Å². The molecule has 2 rings (SSSR count). The molecule has 7 heteroatoms. The van der Waals surface area contributed by atoms with Gasteiger partial charge in [0.25, 0.3) is 0 Å². The van der Waals surface area contributed by atoms with Gasteiger partial charge >= 0.3 is 0 Å². The number of fused-ring (bicyclic) bond motifs is 1. The third-order valence-corrected chi connectivity index (χ3v) is 5.74. The van der Waals surface area contributed by atoms with Gasteiger partial charge in [-0.25, -0.2) is 8.42 Å². The first kappa shape index (κ1) is 17.4. The fraction of sp³-hybridized carbons (Fsp3) is 0.500. The summed E-state index contributed by atoms with van der Waals surface area (Å²) in [6, 6.07) is 6.54. The summed E-state index contributed by atoms with van der Waals surface area (Å²) in [7, 11) is -3.85. The Morgan fingerprint density at radius 1 is 1.39 bits per heavy atom. The lowest BCUT2D eigenvalue weighted by atomic mass is 9.86. The minimum atomic E-state index is -3.85. The zero-order chi connectivity index (χ0) is 17.5. The third kappa shape index (κ3) is 3.09. The molecule has 1 aliphatic rings. The van der Waals surface area contributed by atoms with Crippen molar-refractivity contribution in [1.29, 1.82) is 5.26 Å². The summed E-state index contributed by atoms with van der Waals surface area (Å²) in [5.41, 5.74) is -0.686. The smallest absolute Gasteiger partial charge is 0.241 e. The summed E-state index contributed by atoms with van der Waals surface area (Å²) in [5.74, 6) is -0.164. The molecule has 1 aromatic rings. The Balaban J connectivity index is 2.42. The summed E-state index contributed by atoms with van der Waals surface area (Å²) >= 11 is 0. The lowest BCUT2D eigenvalue weighted by Gasteiger charge is -2.23. The summed E-state index contributed by atoms with van der Waals surface area (Å²) in [5, 5.41) is 12.0. The molecule has 0 fully saturated rings. The average molecular weight is 335 g/mol. The molecule has 1 aromatic carbocycles. The number of amides is 1. The van der Waals surface area contributed by atoms with Gasteiger partial charge in [-0.2, -0.15) is 9.98 Å². The van der Waals surface area contributed by atoms with Crippen molar-refractivity contribution in [3.63, 3.8) is 0 Å². The van der Waals surface area contributed by atoms with E-state index < -0.39 is 21.0 Å². The first-order valence-electron chi connectivity index (χ1n) is 7.47. The molecule has 1 amide bonds. The van der Waals surface area contributed by atoms with E-state index in [9.17, 15) is 18.5 Å². The summed E-state index contributed by atoms with van der Waals surface area (Å²) in [6.45, 7) is 6.94. The molecule has 0 spiro atoms. The van der Waals surface area contributed by atoms with Crippen molar-refractivity contribution in [3.8, 4) is 6.07 Å². The van der Waals surface area contributed by atoms with E-state index in [4.69, 9.17) is 0 Å². The first-order chi connectivity index (χ1) is 10.6. The van der Waals surface area contributed by atoms with Gasteiger partial charge in [0.05, 0.1) is 16.4 Å². The van der Waals surface area contributed by atoms with Crippen LogP contribution < -0.4 is 10.0 Å². The van der Waals surface area contributed by atoms with E-state index in [0.717, 1.165) is 0 Å². The molecule has 2 N–H and O–H groups in total. The third-order valence-electron chi connectivity index (χ3n) is 4.15. The van der Waals surface area contributed by atoms with E-state index in [-0.39, 0.29) is 10.8 Å². The van der Waals surface area contributed by atoms with Crippen LogP contribution >= 0.6 is 0 Å². The Labute approximate surface area is 136 Å². The van der Waals surface area contributed by atoms with Crippen LogP contribution in [0.1, 0.15) is 46.1 Å². The van der Waals surface area contributed by atoms with Gasteiger partial charge in [-0.15, -0.1) is 0 Å². The van der Waals surface area contributed by atoms with Gasteiger partial charge < -0.3 is 5.32 Å². The van der Waals surface area contributed by atoms with Gasteiger partial charge in [-0.05, 0) is 51.0 Å². The summed E-state index contributed by atoms with van der Waals surface area (Å²) < 4.78 is 27.7. The number of carbonyl (C=O) groups excluding carboxylic acids is 1. The first-order valence-corrected chi connectivity index (χ1v) is 8.95. The summed E-state index contributed by atoms with van der Waals surface area (Å²) in [4.78, 5) is 12.0. The predicted molar refractivity (Wildman–Crippen MR) is 87.3 cm³/mol. The molecular formula is C16H21N3O3S. The zero-order valence-corrected chi connectivity index (χ0v) is 14.5. The molecule has 1 heterocycles. The Kier molecular flexibility index (Phi) is 4.26. The van der Waals surface area contributed by atoms with Gasteiger partial charge in [0, 0.05) is 5.69 Å². The van der Waals surface area contributed by atoms with Crippen LogP contribution in [0.5, 0.6) is 0 Å². The number of rotatable bonds is 5. The number of nitrogens with zero attached hydrogens (tertiary/aromatic N) is 1. The molecule has 0 saturated heterocycles. The maximum atomic E-state index is 12.6. The Hall–Kier alpha value is -1.91. The molecule has 0 bridgehead atoms. The van der Waals surface area contributed by atoms with Crippen LogP contribution in [0.2, 0.25) is 0 Å². The molecule has 1 atom stereocenters. The minimum absolute atomic E-state index is 0.0541. The van der Waals surface area contributed by atoms with Crippen molar-refractivity contribution in [2.45, 2.75) is 56.4 Å². The standard InChI is InChI=1S/C16H21N3O3S/c1-5-8-16(4,10-17)19-23(21,22)11-6-7-13-12(9-11)15(2,3)14(20)18-13/h6-7,9,19H,5,8H2,1-4H3,(H,18,20). The predicted octanol–water partition coefficient (Wildman–Crippen LogP) is 2.28. The highest BCUT2D eigenvalue weighted by atomic mass is 32.2. The quantitative estimate of drug-likeness (QED) is 0.862. The second-order valence-electron chi connectivity index (χ2n) is 6.59. The lowest BCUT2D eigenvalue weighted by molar-refractivity contribution is -0.119. The molecule has 124 valence electrons. The molecule has 1 unspecified atom stereocenters. The maximum absolute atomic E-state index is 12.6. The Morgan fingerprint density at radius 2 is 2.04 bits per heavy atom. The fourth-order valence-electron chi connectivity index (χ4n) is 2.70. The molecule has 0 aliphatic carbocycles. The number of hydrogen-bond acceptors (Lipinski definition) is 4. The Morgan fingerprint density at radius 3 is 2.61 bits per heavy atom. The van der Waals surface area contributed by atoms with Gasteiger partial charge in [-0.3, -0.25) is 4.79 Å². The van der Waals surface area contributed by atoms with Crippen LogP contribution in [0, 0.1) is 11.3 Å². The van der Waals surface area contributed by atoms with E-state index in [1.807, 2.05) is 13.0 Å². The average Bonchev–Trinajstić information content (AvgIpc) is 2.68. The van der Waals surface area contributed by atoms with Crippen molar-refractivity contribution >= 4 is 21.6 Å². The number of carbonyl (C=O) groups is 1. The second-order valence-corrected chi connectivity index (χ2v) is 8.27. The maximum Gasteiger partial charge on any atom is 0.241 e. The fourth-order valence-corrected chi connectivity index (χ4v) is 4.08. The summed E-state index contributed by atoms with van der Waals surface area (Å²) in [6.07, 6.45) is 1.10. The minimum Gasteiger partial charge on any atom is -0.325 e. The van der Waals surface area contributed by atoms with Crippen LogP contribution in [0.25, 0.3) is 0 Å². The Bertz CT molecular complexity index is 793. The van der Waals surface area contributed by atoms with Crippen molar-refractivity contribution in [2.24, 2.45) is 0 Å². The van der Waals surface area contributed by atoms with Crippen molar-refractivity contribution in [3.05, 3.63) is 23.8 Å². The molecule has 1 aliphatic heterocycles. The van der Waals surface area contributed by atoms with Crippen LogP contribution in [0.15, 0.2) is 23.1 Å².